The van der Waals surface area contributed by atoms with Gasteiger partial charge >= 0.3 is 0 Å². The van der Waals surface area contributed by atoms with Gasteiger partial charge in [0.2, 0.25) is 0 Å². The summed E-state index contributed by atoms with van der Waals surface area (Å²) in [5, 5.41) is 0. The molecule has 0 saturated carbocycles. The first-order chi connectivity index (χ1) is 10.8. The Bertz CT molecular complexity index is 511. The van der Waals surface area contributed by atoms with E-state index in [0.29, 0.717) is 0 Å². The zero-order valence-corrected chi connectivity index (χ0v) is 14.0. The van der Waals surface area contributed by atoms with Crippen LogP contribution >= 0.6 is 12.0 Å². The van der Waals surface area contributed by atoms with E-state index in [2.05, 4.69) is 31.2 Å². The lowest BCUT2D eigenvalue weighted by molar-refractivity contribution is 0.299. The van der Waals surface area contributed by atoms with Crippen molar-refractivity contribution in [1.29, 1.82) is 0 Å². The minimum Gasteiger partial charge on any atom is -0.494 e. The van der Waals surface area contributed by atoms with Gasteiger partial charge in [-0.15, -0.1) is 0 Å². The molecule has 0 atom stereocenters. The number of hydrogen-bond acceptors (Lipinski definition) is 3. The molecule has 0 radical (unpaired) electrons. The summed E-state index contributed by atoms with van der Waals surface area (Å²) in [4.78, 5) is 1.17. The number of aryl methyl sites for hydroxylation is 1. The maximum atomic E-state index is 5.67. The maximum absolute atomic E-state index is 5.67. The lowest BCUT2D eigenvalue weighted by Gasteiger charge is -2.06. The molecule has 2 aromatic rings. The molecule has 0 amide bonds. The minimum absolute atomic E-state index is 0.795. The van der Waals surface area contributed by atoms with Crippen molar-refractivity contribution in [2.75, 3.05) is 13.2 Å². The molecule has 0 spiro atoms. The van der Waals surface area contributed by atoms with Gasteiger partial charge < -0.3 is 8.92 Å². The smallest absolute Gasteiger partial charge is 0.119 e. The van der Waals surface area contributed by atoms with Gasteiger partial charge in [-0.1, -0.05) is 42.3 Å². The van der Waals surface area contributed by atoms with Crippen LogP contribution in [0.25, 0.3) is 0 Å². The summed E-state index contributed by atoms with van der Waals surface area (Å²) in [6, 6.07) is 18.4. The van der Waals surface area contributed by atoms with Crippen LogP contribution in [0.5, 0.6) is 5.75 Å². The molecule has 0 N–H and O–H groups in total. The highest BCUT2D eigenvalue weighted by Crippen LogP contribution is 2.19. The molecule has 0 aliphatic rings. The van der Waals surface area contributed by atoms with Crippen LogP contribution in [0.4, 0.5) is 0 Å². The predicted molar refractivity (Wildman–Crippen MR) is 93.4 cm³/mol. The number of ether oxygens (including phenoxy) is 1. The minimum atomic E-state index is 0.795. The number of unbranched alkanes of at least 4 members (excludes halogenated alkanes) is 3. The van der Waals surface area contributed by atoms with Gasteiger partial charge in [0.05, 0.1) is 13.2 Å². The number of benzene rings is 2. The molecular formula is C19H24O2S. The van der Waals surface area contributed by atoms with Crippen LogP contribution in [0.15, 0.2) is 59.5 Å². The van der Waals surface area contributed by atoms with E-state index in [1.807, 2.05) is 30.3 Å². The SMILES string of the molecule is Cc1ccc(SOCCCCCCOc2ccccc2)cc1. The topological polar surface area (TPSA) is 18.5 Å². The van der Waals surface area contributed by atoms with Gasteiger partial charge in [-0.25, -0.2) is 0 Å². The Morgan fingerprint density at radius 2 is 1.45 bits per heavy atom. The fourth-order valence-corrected chi connectivity index (χ4v) is 2.61. The highest BCUT2D eigenvalue weighted by molar-refractivity contribution is 7.94. The van der Waals surface area contributed by atoms with Crippen LogP contribution in [0, 0.1) is 6.92 Å². The Morgan fingerprint density at radius 3 is 2.18 bits per heavy atom. The van der Waals surface area contributed by atoms with Crippen molar-refractivity contribution in [3.8, 4) is 5.75 Å². The summed E-state index contributed by atoms with van der Waals surface area (Å²) >= 11 is 1.47. The normalized spacial score (nSPS) is 10.6. The lowest BCUT2D eigenvalue weighted by atomic mass is 10.2. The molecule has 0 heterocycles. The van der Waals surface area contributed by atoms with Crippen molar-refractivity contribution in [3.63, 3.8) is 0 Å². The van der Waals surface area contributed by atoms with Crippen molar-refractivity contribution < 1.29 is 8.92 Å². The third-order valence-electron chi connectivity index (χ3n) is 3.31. The highest BCUT2D eigenvalue weighted by Gasteiger charge is 1.96. The Hall–Kier alpha value is -1.45. The summed E-state index contributed by atoms with van der Waals surface area (Å²) in [7, 11) is 0. The summed E-state index contributed by atoms with van der Waals surface area (Å²) in [6.07, 6.45) is 4.57. The van der Waals surface area contributed by atoms with E-state index in [-0.39, 0.29) is 0 Å². The second-order valence-electron chi connectivity index (χ2n) is 5.29. The van der Waals surface area contributed by atoms with Crippen LogP contribution in [0.1, 0.15) is 31.2 Å². The van der Waals surface area contributed by atoms with E-state index in [1.165, 1.54) is 35.3 Å². The van der Waals surface area contributed by atoms with Gasteiger partial charge in [-0.3, -0.25) is 0 Å². The molecule has 0 aliphatic heterocycles. The first kappa shape index (κ1) is 16.9. The van der Waals surface area contributed by atoms with E-state index in [0.717, 1.165) is 31.8 Å². The van der Waals surface area contributed by atoms with E-state index >= 15 is 0 Å². The third-order valence-corrected chi connectivity index (χ3v) is 4.06. The van der Waals surface area contributed by atoms with Crippen LogP contribution in [0.2, 0.25) is 0 Å². The third kappa shape index (κ3) is 7.01. The quantitative estimate of drug-likeness (QED) is 0.416. The summed E-state index contributed by atoms with van der Waals surface area (Å²) in [6.45, 7) is 3.69. The Kier molecular flexibility index (Phi) is 7.92. The average Bonchev–Trinajstić information content (AvgIpc) is 2.56. The summed E-state index contributed by atoms with van der Waals surface area (Å²) < 4.78 is 11.3. The second-order valence-corrected chi connectivity index (χ2v) is 6.17. The van der Waals surface area contributed by atoms with Gasteiger partial charge in [0.25, 0.3) is 0 Å². The van der Waals surface area contributed by atoms with Gasteiger partial charge in [0, 0.05) is 16.9 Å². The van der Waals surface area contributed by atoms with Crippen molar-refractivity contribution in [2.45, 2.75) is 37.5 Å². The van der Waals surface area contributed by atoms with E-state index in [4.69, 9.17) is 8.92 Å². The molecular weight excluding hydrogens is 292 g/mol. The zero-order valence-electron chi connectivity index (χ0n) is 13.2. The standard InChI is InChI=1S/C19H24O2S/c1-17-11-13-19(14-12-17)22-21-16-8-3-2-7-15-20-18-9-5-4-6-10-18/h4-6,9-14H,2-3,7-8,15-16H2,1H3. The fourth-order valence-electron chi connectivity index (χ4n) is 2.03. The first-order valence-corrected chi connectivity index (χ1v) is 8.63. The summed E-state index contributed by atoms with van der Waals surface area (Å²) in [5.41, 5.74) is 1.28. The second kappa shape index (κ2) is 10.3. The predicted octanol–water partition coefficient (Wildman–Crippen LogP) is 5.66. The number of hydrogen-bond donors (Lipinski definition) is 0. The molecule has 3 heteroatoms. The van der Waals surface area contributed by atoms with Crippen LogP contribution < -0.4 is 4.74 Å². The van der Waals surface area contributed by atoms with Crippen molar-refractivity contribution in [3.05, 3.63) is 60.2 Å². The van der Waals surface area contributed by atoms with Gasteiger partial charge in [-0.2, -0.15) is 0 Å². The molecule has 0 bridgehead atoms. The highest BCUT2D eigenvalue weighted by atomic mass is 32.2. The molecule has 0 saturated heterocycles. The molecule has 0 unspecified atom stereocenters. The number of rotatable bonds is 10. The zero-order chi connectivity index (χ0) is 15.5. The van der Waals surface area contributed by atoms with E-state index in [9.17, 15) is 0 Å². The van der Waals surface area contributed by atoms with Gasteiger partial charge in [0.15, 0.2) is 0 Å². The van der Waals surface area contributed by atoms with Crippen LogP contribution in [-0.4, -0.2) is 13.2 Å². The van der Waals surface area contributed by atoms with Crippen molar-refractivity contribution in [1.82, 2.24) is 0 Å². The molecule has 118 valence electrons. The molecule has 0 aromatic heterocycles. The van der Waals surface area contributed by atoms with Gasteiger partial charge in [-0.05, 0) is 50.5 Å². The largest absolute Gasteiger partial charge is 0.494 e. The van der Waals surface area contributed by atoms with E-state index < -0.39 is 0 Å². The van der Waals surface area contributed by atoms with Crippen LogP contribution in [0.3, 0.4) is 0 Å². The number of para-hydroxylation sites is 1. The lowest BCUT2D eigenvalue weighted by Crippen LogP contribution is -1.97. The van der Waals surface area contributed by atoms with Crippen molar-refractivity contribution in [2.24, 2.45) is 0 Å². The molecule has 2 nitrogen and oxygen atoms in total. The maximum Gasteiger partial charge on any atom is 0.119 e. The molecule has 22 heavy (non-hydrogen) atoms. The average molecular weight is 316 g/mol. The molecule has 2 rings (SSSR count). The summed E-state index contributed by atoms with van der Waals surface area (Å²) in [5.74, 6) is 0.959. The first-order valence-electron chi connectivity index (χ1n) is 7.88. The van der Waals surface area contributed by atoms with Crippen LogP contribution in [-0.2, 0) is 4.18 Å². The Balaban J connectivity index is 1.42. The molecule has 0 fully saturated rings. The van der Waals surface area contributed by atoms with Crippen molar-refractivity contribution >= 4 is 12.0 Å². The van der Waals surface area contributed by atoms with E-state index in [1.54, 1.807) is 0 Å². The fraction of sp³-hybridized carbons (Fsp3) is 0.368. The monoisotopic (exact) mass is 316 g/mol. The molecule has 0 aliphatic carbocycles. The Morgan fingerprint density at radius 1 is 0.773 bits per heavy atom. The van der Waals surface area contributed by atoms with Gasteiger partial charge in [0.1, 0.15) is 5.75 Å². The Labute approximate surface area is 138 Å². The molecule has 2 aromatic carbocycles.